The second-order valence-electron chi connectivity index (χ2n) is 5.16. The molecule has 0 spiro atoms. The molecule has 2 aromatic rings. The van der Waals surface area contributed by atoms with E-state index in [0.29, 0.717) is 21.0 Å². The predicted octanol–water partition coefficient (Wildman–Crippen LogP) is 2.98. The van der Waals surface area contributed by atoms with E-state index in [4.69, 9.17) is 0 Å². The minimum atomic E-state index is -0.325. The van der Waals surface area contributed by atoms with Crippen LogP contribution >= 0.6 is 34.4 Å². The van der Waals surface area contributed by atoms with Crippen molar-refractivity contribution in [1.29, 1.82) is 0 Å². The lowest BCUT2D eigenvalue weighted by Gasteiger charge is -2.10. The van der Waals surface area contributed by atoms with Gasteiger partial charge in [-0.15, -0.1) is 20.4 Å². The van der Waals surface area contributed by atoms with Crippen LogP contribution in [-0.4, -0.2) is 37.5 Å². The van der Waals surface area contributed by atoms with Crippen molar-refractivity contribution in [2.24, 2.45) is 0 Å². The topological polar surface area (TPSA) is 110 Å². The summed E-state index contributed by atoms with van der Waals surface area (Å²) in [4.78, 5) is 23.4. The molecule has 0 aliphatic heterocycles. The van der Waals surface area contributed by atoms with Crippen molar-refractivity contribution in [1.82, 2.24) is 20.4 Å². The average molecular weight is 387 g/mol. The molecule has 0 fully saturated rings. The Labute approximate surface area is 151 Å². The maximum Gasteiger partial charge on any atom is 0.239 e. The van der Waals surface area contributed by atoms with Crippen molar-refractivity contribution in [2.75, 3.05) is 10.6 Å². The Morgan fingerprint density at radius 2 is 1.75 bits per heavy atom. The lowest BCUT2D eigenvalue weighted by Crippen LogP contribution is -2.24. The van der Waals surface area contributed by atoms with Crippen LogP contribution in [0.25, 0.3) is 0 Å². The summed E-state index contributed by atoms with van der Waals surface area (Å²) in [6, 6.07) is 0. The first-order valence-electron chi connectivity index (χ1n) is 7.31. The molecule has 11 heteroatoms. The maximum atomic E-state index is 12.4. The van der Waals surface area contributed by atoms with Crippen LogP contribution in [0.3, 0.4) is 0 Å². The SMILES string of the molecule is CC[C@@H](Sc1nnc(NC(C)=O)s1)C(=O)Nc1nnc(C(C)C)s1. The molecule has 2 N–H and O–H groups in total. The number of carbonyl (C=O) groups excluding carboxylic acids is 2. The third kappa shape index (κ3) is 5.21. The average Bonchev–Trinajstić information content (AvgIpc) is 3.13. The molecule has 0 aromatic carbocycles. The first-order chi connectivity index (χ1) is 11.4. The van der Waals surface area contributed by atoms with E-state index in [2.05, 4.69) is 31.0 Å². The summed E-state index contributed by atoms with van der Waals surface area (Å²) in [5, 5.41) is 22.8. The highest BCUT2D eigenvalue weighted by molar-refractivity contribution is 8.02. The van der Waals surface area contributed by atoms with Crippen LogP contribution in [0.1, 0.15) is 45.0 Å². The first-order valence-corrected chi connectivity index (χ1v) is 9.82. The quantitative estimate of drug-likeness (QED) is 0.556. The lowest BCUT2D eigenvalue weighted by atomic mass is 10.2. The van der Waals surface area contributed by atoms with Gasteiger partial charge in [0.2, 0.25) is 22.1 Å². The second kappa shape index (κ2) is 8.49. The molecule has 130 valence electrons. The molecule has 2 heterocycles. The number of rotatable bonds is 7. The van der Waals surface area contributed by atoms with Crippen LogP contribution in [0.15, 0.2) is 4.34 Å². The number of nitrogens with one attached hydrogen (secondary N) is 2. The number of aromatic nitrogens is 4. The Balaban J connectivity index is 1.97. The van der Waals surface area contributed by atoms with E-state index in [1.807, 2.05) is 20.8 Å². The van der Waals surface area contributed by atoms with Gasteiger partial charge in [0, 0.05) is 12.8 Å². The maximum absolute atomic E-state index is 12.4. The van der Waals surface area contributed by atoms with E-state index >= 15 is 0 Å². The number of hydrogen-bond donors (Lipinski definition) is 2. The molecular formula is C13H18N6O2S3. The van der Waals surface area contributed by atoms with Crippen LogP contribution < -0.4 is 10.6 Å². The predicted molar refractivity (Wildman–Crippen MR) is 96.8 cm³/mol. The standard InChI is InChI=1S/C13H18N6O2S3/c1-5-8(22-13-19-18-11(24-13)14-7(4)20)9(21)15-12-17-16-10(23-12)6(2)3/h6,8H,5H2,1-4H3,(H,14,18,20)(H,15,17,21)/t8-/m1/s1. The minimum absolute atomic E-state index is 0.148. The third-order valence-corrected chi connectivity index (χ3v) is 6.19. The van der Waals surface area contributed by atoms with E-state index in [-0.39, 0.29) is 23.0 Å². The molecule has 1 atom stereocenters. The fraction of sp³-hybridized carbons (Fsp3) is 0.538. The van der Waals surface area contributed by atoms with E-state index in [1.165, 1.54) is 41.4 Å². The van der Waals surface area contributed by atoms with Gasteiger partial charge in [0.15, 0.2) is 4.34 Å². The van der Waals surface area contributed by atoms with Crippen molar-refractivity contribution in [3.63, 3.8) is 0 Å². The van der Waals surface area contributed by atoms with Gasteiger partial charge in [-0.05, 0) is 6.42 Å². The molecule has 2 amide bonds. The van der Waals surface area contributed by atoms with Crippen molar-refractivity contribution in [3.05, 3.63) is 5.01 Å². The van der Waals surface area contributed by atoms with Gasteiger partial charge in [-0.3, -0.25) is 14.9 Å². The number of thioether (sulfide) groups is 1. The molecule has 24 heavy (non-hydrogen) atoms. The molecule has 0 saturated carbocycles. The molecule has 0 bridgehead atoms. The molecule has 0 aliphatic carbocycles. The Bertz CT molecular complexity index is 714. The zero-order chi connectivity index (χ0) is 17.7. The highest BCUT2D eigenvalue weighted by Gasteiger charge is 2.22. The van der Waals surface area contributed by atoms with E-state index in [1.54, 1.807) is 0 Å². The Morgan fingerprint density at radius 3 is 2.33 bits per heavy atom. The smallest absolute Gasteiger partial charge is 0.239 e. The van der Waals surface area contributed by atoms with Crippen LogP contribution in [-0.2, 0) is 9.59 Å². The van der Waals surface area contributed by atoms with Gasteiger partial charge in [-0.1, -0.05) is 55.2 Å². The number of amides is 2. The lowest BCUT2D eigenvalue weighted by molar-refractivity contribution is -0.116. The monoisotopic (exact) mass is 386 g/mol. The highest BCUT2D eigenvalue weighted by Crippen LogP contribution is 2.31. The van der Waals surface area contributed by atoms with Crippen molar-refractivity contribution >= 4 is 56.5 Å². The Morgan fingerprint density at radius 1 is 1.08 bits per heavy atom. The van der Waals surface area contributed by atoms with Gasteiger partial charge >= 0.3 is 0 Å². The molecule has 0 radical (unpaired) electrons. The van der Waals surface area contributed by atoms with Crippen LogP contribution in [0.5, 0.6) is 0 Å². The summed E-state index contributed by atoms with van der Waals surface area (Å²) < 4.78 is 0.626. The van der Waals surface area contributed by atoms with Gasteiger partial charge in [0.05, 0.1) is 5.25 Å². The van der Waals surface area contributed by atoms with Gasteiger partial charge in [0.1, 0.15) is 5.01 Å². The molecular weight excluding hydrogens is 368 g/mol. The zero-order valence-corrected chi connectivity index (χ0v) is 16.1. The van der Waals surface area contributed by atoms with Gasteiger partial charge < -0.3 is 5.32 Å². The molecule has 2 aromatic heterocycles. The van der Waals surface area contributed by atoms with E-state index in [9.17, 15) is 9.59 Å². The summed E-state index contributed by atoms with van der Waals surface area (Å²) in [6.45, 7) is 7.38. The number of anilines is 2. The summed E-state index contributed by atoms with van der Waals surface area (Å²) in [7, 11) is 0. The molecule has 0 unspecified atom stereocenters. The van der Waals surface area contributed by atoms with Crippen molar-refractivity contribution in [3.8, 4) is 0 Å². The largest absolute Gasteiger partial charge is 0.301 e. The Hall–Kier alpha value is -1.59. The summed E-state index contributed by atoms with van der Waals surface area (Å²) in [5.74, 6) is -0.0759. The Kier molecular flexibility index (Phi) is 6.63. The molecule has 8 nitrogen and oxygen atoms in total. The van der Waals surface area contributed by atoms with Crippen LogP contribution in [0.2, 0.25) is 0 Å². The van der Waals surface area contributed by atoms with Crippen LogP contribution in [0, 0.1) is 0 Å². The molecule has 2 rings (SSSR count). The van der Waals surface area contributed by atoms with Gasteiger partial charge in [0.25, 0.3) is 0 Å². The van der Waals surface area contributed by atoms with Crippen molar-refractivity contribution < 1.29 is 9.59 Å². The fourth-order valence-corrected chi connectivity index (χ4v) is 4.32. The highest BCUT2D eigenvalue weighted by atomic mass is 32.2. The summed E-state index contributed by atoms with van der Waals surface area (Å²) in [6.07, 6.45) is 0.626. The number of hydrogen-bond acceptors (Lipinski definition) is 9. The summed E-state index contributed by atoms with van der Waals surface area (Å²) in [5.41, 5.74) is 0. The van der Waals surface area contributed by atoms with E-state index < -0.39 is 0 Å². The minimum Gasteiger partial charge on any atom is -0.301 e. The van der Waals surface area contributed by atoms with Gasteiger partial charge in [-0.25, -0.2) is 0 Å². The van der Waals surface area contributed by atoms with Crippen LogP contribution in [0.4, 0.5) is 10.3 Å². The fourth-order valence-electron chi connectivity index (χ4n) is 1.61. The van der Waals surface area contributed by atoms with Crippen molar-refractivity contribution in [2.45, 2.75) is 49.6 Å². The number of carbonyl (C=O) groups is 2. The molecule has 0 aliphatic rings. The zero-order valence-electron chi connectivity index (χ0n) is 13.7. The second-order valence-corrected chi connectivity index (χ2v) is 8.59. The summed E-state index contributed by atoms with van der Waals surface area (Å²) >= 11 is 3.93. The van der Waals surface area contributed by atoms with E-state index in [0.717, 1.165) is 5.01 Å². The molecule has 0 saturated heterocycles. The normalized spacial score (nSPS) is 12.2. The first kappa shape index (κ1) is 18.7. The number of nitrogens with zero attached hydrogens (tertiary/aromatic N) is 4. The van der Waals surface area contributed by atoms with Gasteiger partial charge in [-0.2, -0.15) is 0 Å². The third-order valence-electron chi connectivity index (χ3n) is 2.76.